The van der Waals surface area contributed by atoms with Crippen molar-refractivity contribution < 1.29 is 4.74 Å². The van der Waals surface area contributed by atoms with Crippen LogP contribution in [0.25, 0.3) is 0 Å². The lowest BCUT2D eigenvalue weighted by Gasteiger charge is -2.24. The third kappa shape index (κ3) is 2.64. The van der Waals surface area contributed by atoms with Crippen molar-refractivity contribution in [3.8, 4) is 5.75 Å². The third-order valence-electron chi connectivity index (χ3n) is 2.44. The largest absolute Gasteiger partial charge is 0.496 e. The van der Waals surface area contributed by atoms with Gasteiger partial charge in [0.15, 0.2) is 0 Å². The van der Waals surface area contributed by atoms with Crippen LogP contribution in [0.5, 0.6) is 5.75 Å². The van der Waals surface area contributed by atoms with Gasteiger partial charge in [-0.15, -0.1) is 0 Å². The summed E-state index contributed by atoms with van der Waals surface area (Å²) in [5, 5.41) is 0.664. The highest BCUT2D eigenvalue weighted by molar-refractivity contribution is 6.30. The maximum absolute atomic E-state index is 6.11. The van der Waals surface area contributed by atoms with Gasteiger partial charge in [0, 0.05) is 10.6 Å². The fourth-order valence-corrected chi connectivity index (χ4v) is 1.94. The van der Waals surface area contributed by atoms with Gasteiger partial charge in [0.25, 0.3) is 0 Å². The van der Waals surface area contributed by atoms with Crippen molar-refractivity contribution in [3.05, 3.63) is 28.3 Å². The van der Waals surface area contributed by atoms with Crippen LogP contribution in [0.4, 0.5) is 0 Å². The van der Waals surface area contributed by atoms with Crippen molar-refractivity contribution in [2.24, 2.45) is 5.73 Å². The number of hydrogen-bond acceptors (Lipinski definition) is 2. The zero-order valence-corrected chi connectivity index (χ0v) is 10.5. The predicted octanol–water partition coefficient (Wildman–Crippen LogP) is 3.10. The van der Waals surface area contributed by atoms with Gasteiger partial charge in [-0.1, -0.05) is 18.5 Å². The molecule has 0 bridgehead atoms. The fourth-order valence-electron chi connectivity index (χ4n) is 1.73. The Kier molecular flexibility index (Phi) is 3.63. The van der Waals surface area contributed by atoms with Crippen LogP contribution < -0.4 is 10.5 Å². The Morgan fingerprint density at radius 2 is 2.00 bits per heavy atom. The van der Waals surface area contributed by atoms with Crippen molar-refractivity contribution in [3.63, 3.8) is 0 Å². The van der Waals surface area contributed by atoms with E-state index in [0.29, 0.717) is 5.02 Å². The molecule has 0 radical (unpaired) electrons. The van der Waals surface area contributed by atoms with Gasteiger partial charge >= 0.3 is 0 Å². The first-order valence-electron chi connectivity index (χ1n) is 5.06. The molecular weight excluding hydrogens is 210 g/mol. The monoisotopic (exact) mass is 227 g/mol. The van der Waals surface area contributed by atoms with Crippen molar-refractivity contribution in [2.75, 3.05) is 7.11 Å². The smallest absolute Gasteiger partial charge is 0.123 e. The van der Waals surface area contributed by atoms with Crippen LogP contribution >= 0.6 is 11.6 Å². The molecule has 0 amide bonds. The van der Waals surface area contributed by atoms with E-state index < -0.39 is 5.54 Å². The maximum Gasteiger partial charge on any atom is 0.123 e. The van der Waals surface area contributed by atoms with Crippen molar-refractivity contribution in [1.29, 1.82) is 0 Å². The van der Waals surface area contributed by atoms with Gasteiger partial charge in [-0.25, -0.2) is 0 Å². The highest BCUT2D eigenvalue weighted by Crippen LogP contribution is 2.32. The Morgan fingerprint density at radius 1 is 1.40 bits per heavy atom. The van der Waals surface area contributed by atoms with Crippen LogP contribution in [0.15, 0.2) is 12.1 Å². The Morgan fingerprint density at radius 3 is 2.40 bits per heavy atom. The van der Waals surface area contributed by atoms with Crippen LogP contribution in [-0.4, -0.2) is 7.11 Å². The normalized spacial score (nSPS) is 11.6. The Balaban J connectivity index is 3.42. The lowest BCUT2D eigenvalue weighted by Crippen LogP contribution is -2.30. The minimum atomic E-state index is -0.399. The quantitative estimate of drug-likeness (QED) is 0.861. The molecule has 0 saturated carbocycles. The van der Waals surface area contributed by atoms with Crippen LogP contribution in [0.1, 0.15) is 31.9 Å². The summed E-state index contributed by atoms with van der Waals surface area (Å²) in [5.41, 5.74) is 7.90. The summed E-state index contributed by atoms with van der Waals surface area (Å²) in [6, 6.07) is 3.75. The van der Waals surface area contributed by atoms with E-state index >= 15 is 0 Å². The van der Waals surface area contributed by atoms with E-state index in [4.69, 9.17) is 22.1 Å². The molecule has 1 rings (SSSR count). The van der Waals surface area contributed by atoms with Gasteiger partial charge < -0.3 is 10.5 Å². The molecule has 0 heterocycles. The molecule has 2 nitrogen and oxygen atoms in total. The molecule has 0 unspecified atom stereocenters. The Labute approximate surface area is 96.4 Å². The molecule has 0 saturated heterocycles. The van der Waals surface area contributed by atoms with E-state index in [1.807, 2.05) is 26.0 Å². The van der Waals surface area contributed by atoms with Gasteiger partial charge in [0.1, 0.15) is 5.75 Å². The lowest BCUT2D eigenvalue weighted by atomic mass is 9.89. The van der Waals surface area contributed by atoms with Gasteiger partial charge in [0.2, 0.25) is 0 Å². The van der Waals surface area contributed by atoms with E-state index in [9.17, 15) is 0 Å². The average molecular weight is 228 g/mol. The molecule has 1 aromatic rings. The van der Waals surface area contributed by atoms with Crippen molar-refractivity contribution in [2.45, 2.75) is 32.7 Å². The van der Waals surface area contributed by atoms with Crippen LogP contribution in [-0.2, 0) is 12.0 Å². The van der Waals surface area contributed by atoms with Crippen molar-refractivity contribution >= 4 is 11.6 Å². The van der Waals surface area contributed by atoms with Crippen LogP contribution in [0.3, 0.4) is 0 Å². The van der Waals surface area contributed by atoms with E-state index in [1.165, 1.54) is 0 Å². The van der Waals surface area contributed by atoms with E-state index in [0.717, 1.165) is 23.3 Å². The molecule has 1 aromatic carbocycles. The molecule has 0 atom stereocenters. The third-order valence-corrected chi connectivity index (χ3v) is 2.66. The summed E-state index contributed by atoms with van der Waals surface area (Å²) in [7, 11) is 1.65. The standard InChI is InChI=1S/C12H18ClNO/c1-5-9-10(12(2,3)14)6-8(13)7-11(9)15-4/h6-7H,5,14H2,1-4H3. The maximum atomic E-state index is 6.11. The molecule has 2 N–H and O–H groups in total. The summed E-state index contributed by atoms with van der Waals surface area (Å²) < 4.78 is 5.31. The molecule has 3 heteroatoms. The van der Waals surface area contributed by atoms with Crippen molar-refractivity contribution in [1.82, 2.24) is 0 Å². The Bertz CT molecular complexity index is 355. The minimum Gasteiger partial charge on any atom is -0.496 e. The number of nitrogens with two attached hydrogens (primary N) is 1. The zero-order valence-electron chi connectivity index (χ0n) is 9.73. The second-order valence-corrected chi connectivity index (χ2v) is 4.65. The molecule has 0 aliphatic rings. The topological polar surface area (TPSA) is 35.2 Å². The molecular formula is C12H18ClNO. The van der Waals surface area contributed by atoms with E-state index in [1.54, 1.807) is 7.11 Å². The highest BCUT2D eigenvalue weighted by Gasteiger charge is 2.21. The zero-order chi connectivity index (χ0) is 11.6. The Hall–Kier alpha value is -0.730. The highest BCUT2D eigenvalue weighted by atomic mass is 35.5. The lowest BCUT2D eigenvalue weighted by molar-refractivity contribution is 0.406. The average Bonchev–Trinajstić information content (AvgIpc) is 2.15. The number of benzene rings is 1. The summed E-state index contributed by atoms with van der Waals surface area (Å²) in [6.45, 7) is 6.02. The molecule has 84 valence electrons. The summed E-state index contributed by atoms with van der Waals surface area (Å²) in [4.78, 5) is 0. The van der Waals surface area contributed by atoms with Gasteiger partial charge in [-0.2, -0.15) is 0 Å². The minimum absolute atomic E-state index is 0.399. The first kappa shape index (κ1) is 12.3. The van der Waals surface area contributed by atoms with Crippen LogP contribution in [0, 0.1) is 0 Å². The second kappa shape index (κ2) is 4.42. The first-order chi connectivity index (χ1) is 6.90. The van der Waals surface area contributed by atoms with Crippen LogP contribution in [0.2, 0.25) is 5.02 Å². The SMILES string of the molecule is CCc1c(OC)cc(Cl)cc1C(C)(C)N. The summed E-state index contributed by atoms with van der Waals surface area (Å²) in [6.07, 6.45) is 0.885. The number of rotatable bonds is 3. The molecule has 0 aliphatic heterocycles. The number of ether oxygens (including phenoxy) is 1. The van der Waals surface area contributed by atoms with E-state index in [2.05, 4.69) is 6.92 Å². The van der Waals surface area contributed by atoms with E-state index in [-0.39, 0.29) is 0 Å². The predicted molar refractivity (Wildman–Crippen MR) is 64.6 cm³/mol. The molecule has 0 fully saturated rings. The first-order valence-corrected chi connectivity index (χ1v) is 5.43. The summed E-state index contributed by atoms with van der Waals surface area (Å²) in [5.74, 6) is 0.818. The second-order valence-electron chi connectivity index (χ2n) is 4.21. The number of methoxy groups -OCH3 is 1. The molecule has 0 aliphatic carbocycles. The van der Waals surface area contributed by atoms with Gasteiger partial charge in [0.05, 0.1) is 7.11 Å². The van der Waals surface area contributed by atoms with Gasteiger partial charge in [-0.05, 0) is 43.5 Å². The number of hydrogen-bond donors (Lipinski definition) is 1. The van der Waals surface area contributed by atoms with Gasteiger partial charge in [-0.3, -0.25) is 0 Å². The molecule has 15 heavy (non-hydrogen) atoms. The molecule has 0 spiro atoms. The fraction of sp³-hybridized carbons (Fsp3) is 0.500. The number of halogens is 1. The molecule has 0 aromatic heterocycles. The summed E-state index contributed by atoms with van der Waals surface area (Å²) >= 11 is 6.03.